The van der Waals surface area contributed by atoms with Gasteiger partial charge in [-0.15, -0.1) is 21.5 Å². The third-order valence-electron chi connectivity index (χ3n) is 5.03. The zero-order valence-corrected chi connectivity index (χ0v) is 17.3. The molecule has 0 amide bonds. The predicted molar refractivity (Wildman–Crippen MR) is 108 cm³/mol. The highest BCUT2D eigenvalue weighted by atomic mass is 32.1. The second kappa shape index (κ2) is 8.71. The van der Waals surface area contributed by atoms with E-state index in [1.54, 1.807) is 6.92 Å². The van der Waals surface area contributed by atoms with Gasteiger partial charge in [-0.1, -0.05) is 6.42 Å². The van der Waals surface area contributed by atoms with Crippen molar-refractivity contribution in [1.82, 2.24) is 19.7 Å². The summed E-state index contributed by atoms with van der Waals surface area (Å²) < 4.78 is 20.6. The molecular formula is C21H20FN5O2S. The second-order valence-corrected chi connectivity index (χ2v) is 8.21. The first kappa shape index (κ1) is 20.2. The van der Waals surface area contributed by atoms with Crippen LogP contribution in [-0.4, -0.2) is 25.5 Å². The summed E-state index contributed by atoms with van der Waals surface area (Å²) in [7, 11) is 0. The van der Waals surface area contributed by atoms with Gasteiger partial charge in [-0.2, -0.15) is 5.26 Å². The average molecular weight is 425 g/mol. The van der Waals surface area contributed by atoms with Crippen molar-refractivity contribution in [3.05, 3.63) is 57.3 Å². The van der Waals surface area contributed by atoms with Gasteiger partial charge in [0.15, 0.2) is 17.5 Å². The molecular weight excluding hydrogens is 405 g/mol. The Morgan fingerprint density at radius 3 is 2.87 bits per heavy atom. The summed E-state index contributed by atoms with van der Waals surface area (Å²) in [6.07, 6.45) is 3.92. The zero-order chi connectivity index (χ0) is 21.1. The molecule has 0 N–H and O–H groups in total. The fourth-order valence-electron chi connectivity index (χ4n) is 3.50. The van der Waals surface area contributed by atoms with Gasteiger partial charge in [-0.25, -0.2) is 9.37 Å². The Hall–Kier alpha value is -3.12. The largest absolute Gasteiger partial charge is 0.486 e. The van der Waals surface area contributed by atoms with Crippen molar-refractivity contribution < 1.29 is 13.9 Å². The summed E-state index contributed by atoms with van der Waals surface area (Å²) in [5.41, 5.74) is 0.554. The number of aromatic nitrogens is 4. The molecule has 1 aliphatic heterocycles. The molecule has 4 rings (SSSR count). The van der Waals surface area contributed by atoms with E-state index in [9.17, 15) is 14.4 Å². The fourth-order valence-corrected chi connectivity index (χ4v) is 4.45. The number of aryl methyl sites for hydroxylation is 2. The molecule has 1 atom stereocenters. The van der Waals surface area contributed by atoms with E-state index in [2.05, 4.69) is 21.3 Å². The van der Waals surface area contributed by atoms with E-state index in [-0.39, 0.29) is 18.2 Å². The minimum absolute atomic E-state index is 0.155. The second-order valence-electron chi connectivity index (χ2n) is 7.13. The third-order valence-corrected chi connectivity index (χ3v) is 6.17. The number of rotatable bonds is 6. The van der Waals surface area contributed by atoms with Crippen LogP contribution < -0.4 is 4.74 Å². The van der Waals surface area contributed by atoms with Crippen molar-refractivity contribution in [2.24, 2.45) is 0 Å². The van der Waals surface area contributed by atoms with Crippen LogP contribution in [0.5, 0.6) is 5.75 Å². The highest BCUT2D eigenvalue weighted by Crippen LogP contribution is 2.28. The Kier molecular flexibility index (Phi) is 5.86. The molecule has 30 heavy (non-hydrogen) atoms. The first-order chi connectivity index (χ1) is 14.6. The molecule has 9 heteroatoms. The van der Waals surface area contributed by atoms with Crippen LogP contribution in [0.15, 0.2) is 24.3 Å². The number of Topliss-reactive ketones (excluding diaryl/α,β-unsaturated/α-hetero) is 1. The van der Waals surface area contributed by atoms with Crippen LogP contribution in [0.4, 0.5) is 4.39 Å². The number of carbonyl (C=O) groups is 1. The summed E-state index contributed by atoms with van der Waals surface area (Å²) in [6, 6.07) is 7.81. The van der Waals surface area contributed by atoms with Crippen LogP contribution in [0.3, 0.4) is 0 Å². The number of hydrogen-bond donors (Lipinski definition) is 0. The number of ether oxygens (including phenoxy) is 1. The summed E-state index contributed by atoms with van der Waals surface area (Å²) in [6.45, 7) is 2.62. The van der Waals surface area contributed by atoms with Crippen molar-refractivity contribution in [2.45, 2.75) is 51.7 Å². The van der Waals surface area contributed by atoms with Gasteiger partial charge in [0.2, 0.25) is 0 Å². The lowest BCUT2D eigenvalue weighted by Gasteiger charge is -2.10. The van der Waals surface area contributed by atoms with E-state index < -0.39 is 5.92 Å². The van der Waals surface area contributed by atoms with E-state index in [1.165, 1.54) is 35.6 Å². The number of hydrogen-bond acceptors (Lipinski definition) is 7. The zero-order valence-electron chi connectivity index (χ0n) is 16.5. The smallest absolute Gasteiger partial charge is 0.199 e. The number of fused-ring (bicyclic) bond motifs is 1. The van der Waals surface area contributed by atoms with Gasteiger partial charge >= 0.3 is 0 Å². The molecule has 1 aromatic carbocycles. The minimum atomic E-state index is -1.02. The lowest BCUT2D eigenvalue weighted by molar-refractivity contribution is 0.0977. The molecule has 1 unspecified atom stereocenters. The maximum atomic E-state index is 13.2. The van der Waals surface area contributed by atoms with Crippen LogP contribution in [0.1, 0.15) is 57.2 Å². The Morgan fingerprint density at radius 2 is 2.10 bits per heavy atom. The highest BCUT2D eigenvalue weighted by Gasteiger charge is 2.31. The van der Waals surface area contributed by atoms with E-state index in [4.69, 9.17) is 4.74 Å². The Morgan fingerprint density at radius 1 is 1.30 bits per heavy atom. The van der Waals surface area contributed by atoms with Gasteiger partial charge in [0.1, 0.15) is 29.0 Å². The number of thiazole rings is 1. The third kappa shape index (κ3) is 4.09. The fraction of sp³-hybridized carbons (Fsp3) is 0.381. The molecule has 7 nitrogen and oxygen atoms in total. The normalized spacial score (nSPS) is 14.4. The standard InChI is InChI=1S/C21H20FN5O2S/c1-13-20(30-18(24-13)12-29-15-8-6-14(22)7-9-15)19(28)16(11-23)21-26-25-17-5-3-2-4-10-27(17)21/h6-9,16H,2-5,10,12H2,1H3. The maximum Gasteiger partial charge on any atom is 0.199 e. The van der Waals surface area contributed by atoms with Gasteiger partial charge in [0.25, 0.3) is 0 Å². The summed E-state index contributed by atoms with van der Waals surface area (Å²) >= 11 is 1.20. The molecule has 0 saturated heterocycles. The first-order valence-electron chi connectivity index (χ1n) is 9.77. The van der Waals surface area contributed by atoms with Crippen LogP contribution in [-0.2, 0) is 19.6 Å². The molecule has 154 valence electrons. The van der Waals surface area contributed by atoms with E-state index >= 15 is 0 Å². The monoisotopic (exact) mass is 425 g/mol. The number of halogens is 1. The maximum absolute atomic E-state index is 13.2. The number of carbonyl (C=O) groups excluding carboxylic acids is 1. The van der Waals surface area contributed by atoms with Gasteiger partial charge < -0.3 is 9.30 Å². The molecule has 3 heterocycles. The van der Waals surface area contributed by atoms with Crippen molar-refractivity contribution >= 4 is 17.1 Å². The lowest BCUT2D eigenvalue weighted by atomic mass is 10.0. The Labute approximate surface area is 177 Å². The Balaban J connectivity index is 1.53. The SMILES string of the molecule is Cc1nc(COc2ccc(F)cc2)sc1C(=O)C(C#N)c1nnc2n1CCCCC2. The van der Waals surface area contributed by atoms with Gasteiger partial charge in [0, 0.05) is 13.0 Å². The van der Waals surface area contributed by atoms with Crippen molar-refractivity contribution in [2.75, 3.05) is 0 Å². The van der Waals surface area contributed by atoms with Crippen molar-refractivity contribution in [3.8, 4) is 11.8 Å². The van der Waals surface area contributed by atoms with E-state index in [0.717, 1.165) is 38.1 Å². The number of ketones is 1. The van der Waals surface area contributed by atoms with Crippen LogP contribution in [0.25, 0.3) is 0 Å². The molecule has 2 aromatic heterocycles. The average Bonchev–Trinajstić information content (AvgIpc) is 3.23. The molecule has 0 radical (unpaired) electrons. The predicted octanol–water partition coefficient (Wildman–Crippen LogP) is 3.98. The van der Waals surface area contributed by atoms with Crippen LogP contribution >= 0.6 is 11.3 Å². The molecule has 3 aromatic rings. The highest BCUT2D eigenvalue weighted by molar-refractivity contribution is 7.13. The minimum Gasteiger partial charge on any atom is -0.486 e. The first-order valence-corrected chi connectivity index (χ1v) is 10.6. The number of nitrogens with zero attached hydrogens (tertiary/aromatic N) is 5. The molecule has 1 aliphatic rings. The summed E-state index contributed by atoms with van der Waals surface area (Å²) in [4.78, 5) is 18.0. The quantitative estimate of drug-likeness (QED) is 0.555. The van der Waals surface area contributed by atoms with Crippen LogP contribution in [0, 0.1) is 24.1 Å². The molecule has 0 fully saturated rings. The van der Waals surface area contributed by atoms with Gasteiger partial charge in [-0.3, -0.25) is 4.79 Å². The molecule has 0 bridgehead atoms. The number of nitriles is 1. The Bertz CT molecular complexity index is 1100. The molecule has 0 spiro atoms. The molecule has 0 aliphatic carbocycles. The summed E-state index contributed by atoms with van der Waals surface area (Å²) in [5, 5.41) is 18.7. The van der Waals surface area contributed by atoms with Crippen molar-refractivity contribution in [3.63, 3.8) is 0 Å². The van der Waals surface area contributed by atoms with Crippen molar-refractivity contribution in [1.29, 1.82) is 5.26 Å². The summed E-state index contributed by atoms with van der Waals surface area (Å²) in [5.74, 6) is 0.0862. The lowest BCUT2D eigenvalue weighted by Crippen LogP contribution is -2.17. The number of benzene rings is 1. The van der Waals surface area contributed by atoms with Gasteiger partial charge in [-0.05, 0) is 44.0 Å². The van der Waals surface area contributed by atoms with Gasteiger partial charge in [0.05, 0.1) is 16.6 Å². The molecule has 0 saturated carbocycles. The topological polar surface area (TPSA) is 93.7 Å². The van der Waals surface area contributed by atoms with E-state index in [0.29, 0.717) is 27.2 Å². The van der Waals surface area contributed by atoms with Crippen LogP contribution in [0.2, 0.25) is 0 Å². The van der Waals surface area contributed by atoms with E-state index in [1.807, 2.05) is 4.57 Å².